The van der Waals surface area contributed by atoms with Gasteiger partial charge in [0.1, 0.15) is 16.0 Å². The predicted molar refractivity (Wildman–Crippen MR) is 108 cm³/mol. The number of benzene rings is 1. The molecule has 4 rings (SSSR count). The zero-order valence-corrected chi connectivity index (χ0v) is 16.5. The minimum Gasteiger partial charge on any atom is -0.348 e. The molecule has 28 heavy (non-hydrogen) atoms. The second kappa shape index (κ2) is 7.83. The van der Waals surface area contributed by atoms with Crippen molar-refractivity contribution in [3.8, 4) is 0 Å². The van der Waals surface area contributed by atoms with Gasteiger partial charge in [0.05, 0.1) is 11.9 Å². The van der Waals surface area contributed by atoms with Crippen molar-refractivity contribution in [1.82, 2.24) is 14.9 Å². The Hall–Kier alpha value is -2.54. The number of hydrogen-bond acceptors (Lipinski definition) is 4. The Morgan fingerprint density at radius 2 is 2.04 bits per heavy atom. The fourth-order valence-corrected chi connectivity index (χ4v) is 4.92. The first kappa shape index (κ1) is 18.8. The number of aromatic nitrogens is 2. The van der Waals surface area contributed by atoms with Crippen molar-refractivity contribution in [2.45, 2.75) is 51.6 Å². The fraction of sp³-hybridized carbons (Fsp3) is 0.381. The second-order valence-corrected chi connectivity index (χ2v) is 8.46. The highest BCUT2D eigenvalue weighted by atomic mass is 32.1. The van der Waals surface area contributed by atoms with E-state index in [1.165, 1.54) is 23.8 Å². The van der Waals surface area contributed by atoms with E-state index in [1.54, 1.807) is 29.1 Å². The van der Waals surface area contributed by atoms with Crippen LogP contribution in [0.15, 0.2) is 35.4 Å². The molecule has 0 radical (unpaired) electrons. The quantitative estimate of drug-likeness (QED) is 0.710. The summed E-state index contributed by atoms with van der Waals surface area (Å²) in [7, 11) is 0. The number of hydrogen-bond donors (Lipinski definition) is 1. The Kier molecular flexibility index (Phi) is 5.26. The van der Waals surface area contributed by atoms with E-state index in [1.807, 2.05) is 6.92 Å². The molecule has 0 spiro atoms. The summed E-state index contributed by atoms with van der Waals surface area (Å²) in [5, 5.41) is 2.75. The molecule has 2 heterocycles. The molecule has 1 aliphatic carbocycles. The van der Waals surface area contributed by atoms with Crippen LogP contribution in [0.1, 0.15) is 58.9 Å². The normalized spacial score (nSPS) is 15.1. The molecule has 3 aromatic rings. The Morgan fingerprint density at radius 3 is 2.79 bits per heavy atom. The molecule has 0 bridgehead atoms. The molecule has 1 fully saturated rings. The number of nitrogens with one attached hydrogen (secondary N) is 1. The molecule has 0 saturated heterocycles. The van der Waals surface area contributed by atoms with Crippen LogP contribution in [0.5, 0.6) is 0 Å². The van der Waals surface area contributed by atoms with Crippen molar-refractivity contribution in [2.75, 3.05) is 0 Å². The van der Waals surface area contributed by atoms with E-state index in [-0.39, 0.29) is 29.9 Å². The van der Waals surface area contributed by atoms with Crippen LogP contribution in [0.25, 0.3) is 10.2 Å². The molecule has 0 atom stereocenters. The summed E-state index contributed by atoms with van der Waals surface area (Å²) in [5.41, 5.74) is 1.19. The molecule has 2 aromatic heterocycles. The van der Waals surface area contributed by atoms with E-state index < -0.39 is 0 Å². The van der Waals surface area contributed by atoms with Crippen LogP contribution in [0, 0.1) is 12.7 Å². The maximum atomic E-state index is 13.8. The lowest BCUT2D eigenvalue weighted by Crippen LogP contribution is -2.27. The van der Waals surface area contributed by atoms with Crippen molar-refractivity contribution in [2.24, 2.45) is 0 Å². The van der Waals surface area contributed by atoms with Gasteiger partial charge in [-0.15, -0.1) is 11.3 Å². The number of aryl methyl sites for hydroxylation is 1. The molecular weight excluding hydrogens is 377 g/mol. The van der Waals surface area contributed by atoms with Crippen molar-refractivity contribution in [3.63, 3.8) is 0 Å². The maximum Gasteiger partial charge on any atom is 0.271 e. The van der Waals surface area contributed by atoms with Gasteiger partial charge in [-0.25, -0.2) is 9.37 Å². The third kappa shape index (κ3) is 3.46. The topological polar surface area (TPSA) is 64.0 Å². The first-order valence-electron chi connectivity index (χ1n) is 9.58. The fourth-order valence-electron chi connectivity index (χ4n) is 3.88. The van der Waals surface area contributed by atoms with Gasteiger partial charge in [0.15, 0.2) is 0 Å². The average molecular weight is 399 g/mol. The van der Waals surface area contributed by atoms with Gasteiger partial charge < -0.3 is 5.32 Å². The van der Waals surface area contributed by atoms with Gasteiger partial charge in [-0.2, -0.15) is 0 Å². The first-order valence-corrected chi connectivity index (χ1v) is 10.4. The van der Waals surface area contributed by atoms with Crippen LogP contribution >= 0.6 is 11.3 Å². The molecule has 1 aliphatic rings. The Labute approximate surface area is 166 Å². The minimum absolute atomic E-state index is 0.0712. The number of halogens is 1. The van der Waals surface area contributed by atoms with Crippen molar-refractivity contribution in [3.05, 3.63) is 62.8 Å². The molecule has 1 amide bonds. The monoisotopic (exact) mass is 399 g/mol. The molecule has 5 nitrogen and oxygen atoms in total. The van der Waals surface area contributed by atoms with Gasteiger partial charge in [0, 0.05) is 23.0 Å². The number of thiophene rings is 1. The SMILES string of the molecule is Cc1sc2c(=O)n(C3CCCCC3)cnc2c1C(=O)NCc1ccccc1F. The number of carbonyl (C=O) groups is 1. The van der Waals surface area contributed by atoms with Crippen LogP contribution in [-0.2, 0) is 6.54 Å². The van der Waals surface area contributed by atoms with Gasteiger partial charge in [-0.3, -0.25) is 14.2 Å². The molecule has 0 unspecified atom stereocenters. The number of nitrogens with zero attached hydrogens (tertiary/aromatic N) is 2. The van der Waals surface area contributed by atoms with Crippen LogP contribution in [-0.4, -0.2) is 15.5 Å². The van der Waals surface area contributed by atoms with Crippen molar-refractivity contribution in [1.29, 1.82) is 0 Å². The highest BCUT2D eigenvalue weighted by Gasteiger charge is 2.23. The van der Waals surface area contributed by atoms with Crippen LogP contribution in [0.3, 0.4) is 0 Å². The number of fused-ring (bicyclic) bond motifs is 1. The zero-order valence-electron chi connectivity index (χ0n) is 15.7. The number of rotatable bonds is 4. The summed E-state index contributed by atoms with van der Waals surface area (Å²) in [6, 6.07) is 6.53. The predicted octanol–water partition coefficient (Wildman–Crippen LogP) is 4.34. The maximum absolute atomic E-state index is 13.8. The average Bonchev–Trinajstić information content (AvgIpc) is 3.05. The lowest BCUT2D eigenvalue weighted by molar-refractivity contribution is 0.0952. The van der Waals surface area contributed by atoms with Gasteiger partial charge in [0.2, 0.25) is 0 Å². The van der Waals surface area contributed by atoms with E-state index >= 15 is 0 Å². The first-order chi connectivity index (χ1) is 13.6. The Bertz CT molecular complexity index is 1080. The molecule has 1 saturated carbocycles. The Balaban J connectivity index is 1.63. The lowest BCUT2D eigenvalue weighted by atomic mass is 9.95. The highest BCUT2D eigenvalue weighted by Crippen LogP contribution is 2.30. The third-order valence-electron chi connectivity index (χ3n) is 5.39. The van der Waals surface area contributed by atoms with E-state index in [4.69, 9.17) is 0 Å². The zero-order chi connectivity index (χ0) is 19.7. The standard InChI is InChI=1S/C21H22FN3O2S/c1-13-17(20(26)23-11-14-7-5-6-10-16(14)22)18-19(28-13)21(27)25(12-24-18)15-8-3-2-4-9-15/h5-7,10,12,15H,2-4,8-9,11H2,1H3,(H,23,26). The van der Waals surface area contributed by atoms with Crippen LogP contribution in [0.4, 0.5) is 4.39 Å². The van der Waals surface area contributed by atoms with Gasteiger partial charge in [0.25, 0.3) is 11.5 Å². The lowest BCUT2D eigenvalue weighted by Gasteiger charge is -2.23. The second-order valence-electron chi connectivity index (χ2n) is 7.23. The van der Waals surface area contributed by atoms with Crippen molar-refractivity contribution < 1.29 is 9.18 Å². The molecule has 0 aliphatic heterocycles. The van der Waals surface area contributed by atoms with E-state index in [0.29, 0.717) is 21.3 Å². The summed E-state index contributed by atoms with van der Waals surface area (Å²) in [6.45, 7) is 1.90. The molecule has 146 valence electrons. The number of amides is 1. The highest BCUT2D eigenvalue weighted by molar-refractivity contribution is 7.19. The summed E-state index contributed by atoms with van der Waals surface area (Å²) < 4.78 is 16.0. The minimum atomic E-state index is -0.358. The van der Waals surface area contributed by atoms with Gasteiger partial charge >= 0.3 is 0 Å². The molecule has 7 heteroatoms. The largest absolute Gasteiger partial charge is 0.348 e. The van der Waals surface area contributed by atoms with Gasteiger partial charge in [-0.1, -0.05) is 37.5 Å². The van der Waals surface area contributed by atoms with E-state index in [0.717, 1.165) is 30.6 Å². The smallest absolute Gasteiger partial charge is 0.271 e. The van der Waals surface area contributed by atoms with Gasteiger partial charge in [-0.05, 0) is 25.8 Å². The Morgan fingerprint density at radius 1 is 1.29 bits per heavy atom. The van der Waals surface area contributed by atoms with Crippen LogP contribution in [0.2, 0.25) is 0 Å². The van der Waals surface area contributed by atoms with E-state index in [9.17, 15) is 14.0 Å². The molecular formula is C21H22FN3O2S. The number of carbonyl (C=O) groups excluding carboxylic acids is 1. The molecule has 1 N–H and O–H groups in total. The van der Waals surface area contributed by atoms with Crippen molar-refractivity contribution >= 4 is 27.5 Å². The summed E-state index contributed by atoms with van der Waals surface area (Å²) in [5.74, 6) is -0.697. The molecule has 1 aromatic carbocycles. The summed E-state index contributed by atoms with van der Waals surface area (Å²) >= 11 is 1.31. The van der Waals surface area contributed by atoms with E-state index in [2.05, 4.69) is 10.3 Å². The summed E-state index contributed by atoms with van der Waals surface area (Å²) in [6.07, 6.45) is 7.04. The van der Waals surface area contributed by atoms with Crippen LogP contribution < -0.4 is 10.9 Å². The third-order valence-corrected chi connectivity index (χ3v) is 6.47. The summed E-state index contributed by atoms with van der Waals surface area (Å²) in [4.78, 5) is 31.0.